The van der Waals surface area contributed by atoms with E-state index in [1.54, 1.807) is 35.0 Å². The number of amides is 2. The zero-order valence-corrected chi connectivity index (χ0v) is 19.1. The second kappa shape index (κ2) is 10.0. The van der Waals surface area contributed by atoms with Gasteiger partial charge in [-0.15, -0.1) is 0 Å². The van der Waals surface area contributed by atoms with Gasteiger partial charge in [0, 0.05) is 42.7 Å². The summed E-state index contributed by atoms with van der Waals surface area (Å²) in [6, 6.07) is 7.14. The van der Waals surface area contributed by atoms with Crippen LogP contribution in [0, 0.1) is 0 Å². The quantitative estimate of drug-likeness (QED) is 0.326. The number of aryl methyl sites for hydroxylation is 1. The van der Waals surface area contributed by atoms with Crippen molar-refractivity contribution in [1.82, 2.24) is 24.7 Å². The van der Waals surface area contributed by atoms with E-state index in [4.69, 9.17) is 5.73 Å². The maximum absolute atomic E-state index is 13.2. The van der Waals surface area contributed by atoms with E-state index in [-0.39, 0.29) is 30.1 Å². The summed E-state index contributed by atoms with van der Waals surface area (Å²) >= 11 is 0. The molecule has 9 nitrogen and oxygen atoms in total. The molecule has 4 heterocycles. The summed E-state index contributed by atoms with van der Waals surface area (Å²) in [5.41, 5.74) is 6.85. The van der Waals surface area contributed by atoms with Gasteiger partial charge in [-0.3, -0.25) is 15.1 Å². The number of hydrogen-bond acceptors (Lipinski definition) is 6. The van der Waals surface area contributed by atoms with Gasteiger partial charge in [0.2, 0.25) is 0 Å². The third kappa shape index (κ3) is 5.59. The molecule has 0 bridgehead atoms. The van der Waals surface area contributed by atoms with Crippen LogP contribution in [-0.4, -0.2) is 37.7 Å². The molecule has 36 heavy (non-hydrogen) atoms. The van der Waals surface area contributed by atoms with E-state index < -0.39 is 23.6 Å². The Kier molecular flexibility index (Phi) is 6.86. The van der Waals surface area contributed by atoms with E-state index in [2.05, 4.69) is 25.6 Å². The molecule has 0 saturated heterocycles. The first-order valence-electron chi connectivity index (χ1n) is 11.0. The molecular formula is C24H22F3N7O2. The fraction of sp³-hybridized carbons (Fsp3) is 0.208. The minimum atomic E-state index is -4.63. The number of nitrogen functional groups attached to an aromatic ring is 1. The number of alkyl halides is 3. The van der Waals surface area contributed by atoms with Crippen molar-refractivity contribution in [2.75, 3.05) is 17.6 Å². The molecule has 0 aliphatic carbocycles. The van der Waals surface area contributed by atoms with Crippen molar-refractivity contribution >= 4 is 29.1 Å². The standard InChI is InChI=1S/C24H22F3N7O2/c1-2-14-5-7-29-18(9-14)19(35)6-8-30-23(36)33-20-13-34-12-15(3-4-21(34)32-20)16-10-17(24(25,26)27)22(28)31-11-16/h3-5,7,9-13H,2,6,8H2,1H3,(H2,28,31)(H2,30,33,36). The largest absolute Gasteiger partial charge is 0.419 e. The molecule has 0 aliphatic rings. The van der Waals surface area contributed by atoms with Gasteiger partial charge < -0.3 is 15.5 Å². The zero-order chi connectivity index (χ0) is 25.9. The minimum absolute atomic E-state index is 0.0810. The topological polar surface area (TPSA) is 127 Å². The van der Waals surface area contributed by atoms with Gasteiger partial charge >= 0.3 is 12.2 Å². The molecule has 2 amide bonds. The number of pyridine rings is 3. The molecule has 0 atom stereocenters. The first-order chi connectivity index (χ1) is 17.1. The maximum Gasteiger partial charge on any atom is 0.419 e. The molecule has 0 radical (unpaired) electrons. The van der Waals surface area contributed by atoms with Crippen molar-refractivity contribution in [2.45, 2.75) is 25.9 Å². The molecule has 0 fully saturated rings. The Morgan fingerprint density at radius 1 is 1.08 bits per heavy atom. The Balaban J connectivity index is 1.39. The number of nitrogens with zero attached hydrogens (tertiary/aromatic N) is 4. The Hall–Kier alpha value is -4.48. The smallest absolute Gasteiger partial charge is 0.383 e. The second-order valence-electron chi connectivity index (χ2n) is 7.92. The van der Waals surface area contributed by atoms with Crippen LogP contribution in [0.1, 0.15) is 35.0 Å². The molecule has 4 aromatic rings. The lowest BCUT2D eigenvalue weighted by atomic mass is 10.1. The molecule has 186 valence electrons. The van der Waals surface area contributed by atoms with Gasteiger partial charge in [-0.2, -0.15) is 13.2 Å². The van der Waals surface area contributed by atoms with Crippen LogP contribution in [0.3, 0.4) is 0 Å². The molecular weight excluding hydrogens is 475 g/mol. The number of carbonyl (C=O) groups excluding carboxylic acids is 2. The average molecular weight is 497 g/mol. The summed E-state index contributed by atoms with van der Waals surface area (Å²) < 4.78 is 41.1. The third-order valence-electron chi connectivity index (χ3n) is 5.41. The fourth-order valence-corrected chi connectivity index (χ4v) is 3.51. The summed E-state index contributed by atoms with van der Waals surface area (Å²) in [6.07, 6.45) is 2.16. The lowest BCUT2D eigenvalue weighted by Crippen LogP contribution is -2.30. The van der Waals surface area contributed by atoms with E-state index >= 15 is 0 Å². The number of nitrogens with two attached hydrogens (primary N) is 1. The fourth-order valence-electron chi connectivity index (χ4n) is 3.51. The predicted molar refractivity (Wildman–Crippen MR) is 127 cm³/mol. The van der Waals surface area contributed by atoms with Crippen molar-refractivity contribution in [3.8, 4) is 11.1 Å². The van der Waals surface area contributed by atoms with Crippen LogP contribution in [0.15, 0.2) is 55.1 Å². The lowest BCUT2D eigenvalue weighted by Gasteiger charge is -2.11. The Bertz CT molecular complexity index is 1430. The number of rotatable bonds is 7. The van der Waals surface area contributed by atoms with Gasteiger partial charge in [-0.1, -0.05) is 6.92 Å². The summed E-state index contributed by atoms with van der Waals surface area (Å²) in [6.45, 7) is 2.08. The Morgan fingerprint density at radius 3 is 2.64 bits per heavy atom. The number of hydrogen-bond donors (Lipinski definition) is 3. The van der Waals surface area contributed by atoms with Crippen LogP contribution in [0.25, 0.3) is 16.8 Å². The van der Waals surface area contributed by atoms with Crippen LogP contribution < -0.4 is 16.4 Å². The highest BCUT2D eigenvalue weighted by atomic mass is 19.4. The predicted octanol–water partition coefficient (Wildman–Crippen LogP) is 4.35. The van der Waals surface area contributed by atoms with Gasteiger partial charge in [0.05, 0.1) is 11.8 Å². The number of carbonyl (C=O) groups is 2. The SMILES string of the molecule is CCc1ccnc(C(=O)CCNC(=O)Nc2cn3cc(-c4cnc(N)c(C(F)(F)F)c4)ccc3n2)c1. The molecule has 4 aromatic heterocycles. The number of urea groups is 1. The first-order valence-corrected chi connectivity index (χ1v) is 11.0. The van der Waals surface area contributed by atoms with Gasteiger partial charge in [0.15, 0.2) is 11.6 Å². The van der Waals surface area contributed by atoms with E-state index in [0.717, 1.165) is 18.1 Å². The van der Waals surface area contributed by atoms with Gasteiger partial charge in [0.25, 0.3) is 0 Å². The first kappa shape index (κ1) is 24.6. The highest BCUT2D eigenvalue weighted by Gasteiger charge is 2.34. The van der Waals surface area contributed by atoms with Gasteiger partial charge in [-0.05, 0) is 42.3 Å². The van der Waals surface area contributed by atoms with Crippen LogP contribution >= 0.6 is 0 Å². The summed E-state index contributed by atoms with van der Waals surface area (Å²) in [7, 11) is 0. The maximum atomic E-state index is 13.2. The summed E-state index contributed by atoms with van der Waals surface area (Å²) in [5, 5.41) is 5.17. The number of ketones is 1. The minimum Gasteiger partial charge on any atom is -0.383 e. The van der Waals surface area contributed by atoms with Crippen molar-refractivity contribution in [2.24, 2.45) is 0 Å². The number of aromatic nitrogens is 4. The molecule has 0 aromatic carbocycles. The van der Waals surface area contributed by atoms with E-state index in [0.29, 0.717) is 16.9 Å². The lowest BCUT2D eigenvalue weighted by molar-refractivity contribution is -0.137. The second-order valence-corrected chi connectivity index (χ2v) is 7.92. The molecule has 0 unspecified atom stereocenters. The summed E-state index contributed by atoms with van der Waals surface area (Å²) in [4.78, 5) is 36.5. The number of imidazole rings is 1. The van der Waals surface area contributed by atoms with Crippen molar-refractivity contribution < 1.29 is 22.8 Å². The monoisotopic (exact) mass is 497 g/mol. The molecule has 12 heteroatoms. The molecule has 4 rings (SSSR count). The van der Waals surface area contributed by atoms with E-state index in [1.165, 1.54) is 12.4 Å². The van der Waals surface area contributed by atoms with Gasteiger partial charge in [0.1, 0.15) is 17.2 Å². The Morgan fingerprint density at radius 2 is 1.89 bits per heavy atom. The average Bonchev–Trinajstić information content (AvgIpc) is 3.24. The molecule has 0 saturated carbocycles. The highest BCUT2D eigenvalue weighted by molar-refractivity contribution is 5.95. The number of anilines is 2. The molecule has 0 spiro atoms. The third-order valence-corrected chi connectivity index (χ3v) is 5.41. The normalized spacial score (nSPS) is 11.4. The highest BCUT2D eigenvalue weighted by Crippen LogP contribution is 2.35. The zero-order valence-electron chi connectivity index (χ0n) is 19.1. The van der Waals surface area contributed by atoms with Crippen LogP contribution in [-0.2, 0) is 12.6 Å². The van der Waals surface area contributed by atoms with Crippen LogP contribution in [0.5, 0.6) is 0 Å². The van der Waals surface area contributed by atoms with Crippen LogP contribution in [0.4, 0.5) is 29.6 Å². The van der Waals surface area contributed by atoms with Crippen molar-refractivity contribution in [3.63, 3.8) is 0 Å². The number of Topliss-reactive ketones (excluding diaryl/α,β-unsaturated/α-hetero) is 1. The number of nitrogens with one attached hydrogen (secondary N) is 2. The molecule has 0 aliphatic heterocycles. The molecule has 4 N–H and O–H groups in total. The van der Waals surface area contributed by atoms with Crippen molar-refractivity contribution in [1.29, 1.82) is 0 Å². The Labute approximate surface area is 203 Å². The van der Waals surface area contributed by atoms with E-state index in [1.807, 2.05) is 13.0 Å². The number of halogens is 3. The van der Waals surface area contributed by atoms with E-state index in [9.17, 15) is 22.8 Å². The van der Waals surface area contributed by atoms with Crippen molar-refractivity contribution in [3.05, 3.63) is 71.9 Å². The van der Waals surface area contributed by atoms with Crippen LogP contribution in [0.2, 0.25) is 0 Å². The summed E-state index contributed by atoms with van der Waals surface area (Å²) in [5.74, 6) is -0.559. The van der Waals surface area contributed by atoms with Gasteiger partial charge in [-0.25, -0.2) is 14.8 Å². The number of fused-ring (bicyclic) bond motifs is 1.